The Bertz CT molecular complexity index is 613. The summed E-state index contributed by atoms with van der Waals surface area (Å²) in [6.45, 7) is 1.62. The molecule has 0 bridgehead atoms. The lowest BCUT2D eigenvalue weighted by atomic mass is 10.2. The van der Waals surface area contributed by atoms with Crippen LogP contribution in [-0.4, -0.2) is 23.4 Å². The highest BCUT2D eigenvalue weighted by Gasteiger charge is 2.17. The topological polar surface area (TPSA) is 81.2 Å². The first-order valence-corrected chi connectivity index (χ1v) is 6.77. The molecule has 6 heteroatoms. The van der Waals surface area contributed by atoms with Gasteiger partial charge < -0.3 is 14.9 Å². The number of H-pyrrole nitrogens is 1. The van der Waals surface area contributed by atoms with E-state index < -0.39 is 5.76 Å². The third kappa shape index (κ3) is 2.26. The normalized spacial score (nSPS) is 17.3. The van der Waals surface area contributed by atoms with Gasteiger partial charge in [0.1, 0.15) is 0 Å². The third-order valence-corrected chi connectivity index (χ3v) is 4.43. The van der Waals surface area contributed by atoms with E-state index in [9.17, 15) is 4.79 Å². The zero-order valence-electron chi connectivity index (χ0n) is 9.77. The number of benzene rings is 1. The molecular weight excluding hydrogens is 252 g/mol. The first kappa shape index (κ1) is 11.7. The number of hydrogen-bond acceptors (Lipinski definition) is 5. The standard InChI is InChI=1S/C12H14N2O3S/c13-8-5-10-9(14-12(15)17-10)6-11(8)18-7-1-3-16-4-2-7/h5-7H,1-4,13H2,(H,14,15). The Kier molecular flexibility index (Phi) is 3.05. The minimum atomic E-state index is -0.447. The predicted octanol–water partition coefficient (Wildman–Crippen LogP) is 1.97. The third-order valence-electron chi connectivity index (χ3n) is 3.01. The molecule has 0 aliphatic carbocycles. The van der Waals surface area contributed by atoms with Gasteiger partial charge in [0.05, 0.1) is 5.52 Å². The van der Waals surface area contributed by atoms with Crippen LogP contribution in [-0.2, 0) is 4.74 Å². The van der Waals surface area contributed by atoms with Crippen molar-refractivity contribution in [3.8, 4) is 0 Å². The Morgan fingerprint density at radius 2 is 2.11 bits per heavy atom. The van der Waals surface area contributed by atoms with Crippen LogP contribution in [0.25, 0.3) is 11.1 Å². The number of rotatable bonds is 2. The van der Waals surface area contributed by atoms with Crippen molar-refractivity contribution in [2.24, 2.45) is 0 Å². The van der Waals surface area contributed by atoms with Crippen LogP contribution in [0.1, 0.15) is 12.8 Å². The molecule has 0 spiro atoms. The number of nitrogens with two attached hydrogens (primary N) is 1. The SMILES string of the molecule is Nc1cc2oc(=O)[nH]c2cc1SC1CCOCC1. The smallest absolute Gasteiger partial charge is 0.408 e. The fourth-order valence-electron chi connectivity index (χ4n) is 2.07. The molecule has 1 aliphatic rings. The molecule has 3 rings (SSSR count). The second-order valence-electron chi connectivity index (χ2n) is 4.33. The van der Waals surface area contributed by atoms with Crippen molar-refractivity contribution in [1.29, 1.82) is 0 Å². The molecule has 1 aromatic heterocycles. The molecule has 3 N–H and O–H groups in total. The van der Waals surface area contributed by atoms with E-state index >= 15 is 0 Å². The Morgan fingerprint density at radius 3 is 2.89 bits per heavy atom. The quantitative estimate of drug-likeness (QED) is 0.812. The first-order valence-electron chi connectivity index (χ1n) is 5.89. The number of oxazole rings is 1. The maximum Gasteiger partial charge on any atom is 0.417 e. The molecule has 1 aliphatic heterocycles. The van der Waals surface area contributed by atoms with Crippen molar-refractivity contribution in [2.45, 2.75) is 23.0 Å². The van der Waals surface area contributed by atoms with Gasteiger partial charge >= 0.3 is 5.76 Å². The number of nitrogen functional groups attached to an aromatic ring is 1. The highest BCUT2D eigenvalue weighted by Crippen LogP contribution is 2.35. The Balaban J connectivity index is 1.90. The summed E-state index contributed by atoms with van der Waals surface area (Å²) in [5.41, 5.74) is 7.85. The molecule has 1 saturated heterocycles. The average molecular weight is 266 g/mol. The zero-order chi connectivity index (χ0) is 12.5. The molecule has 0 unspecified atom stereocenters. The molecule has 18 heavy (non-hydrogen) atoms. The van der Waals surface area contributed by atoms with Crippen molar-refractivity contribution in [3.05, 3.63) is 22.7 Å². The number of aromatic amines is 1. The van der Waals surface area contributed by atoms with Gasteiger partial charge in [-0.2, -0.15) is 0 Å². The van der Waals surface area contributed by atoms with Crippen LogP contribution in [0.15, 0.2) is 26.2 Å². The summed E-state index contributed by atoms with van der Waals surface area (Å²) in [6.07, 6.45) is 2.06. The largest absolute Gasteiger partial charge is 0.417 e. The lowest BCUT2D eigenvalue weighted by molar-refractivity contribution is 0.100. The van der Waals surface area contributed by atoms with Gasteiger partial charge in [0, 0.05) is 35.1 Å². The molecular formula is C12H14N2O3S. The summed E-state index contributed by atoms with van der Waals surface area (Å²) in [5.74, 6) is -0.447. The summed E-state index contributed by atoms with van der Waals surface area (Å²) in [7, 11) is 0. The Morgan fingerprint density at radius 1 is 1.33 bits per heavy atom. The van der Waals surface area contributed by atoms with Crippen molar-refractivity contribution in [3.63, 3.8) is 0 Å². The van der Waals surface area contributed by atoms with E-state index in [-0.39, 0.29) is 0 Å². The number of ether oxygens (including phenoxy) is 1. The Labute approximate surface area is 108 Å². The van der Waals surface area contributed by atoms with Crippen LogP contribution < -0.4 is 11.5 Å². The average Bonchev–Trinajstić information content (AvgIpc) is 2.70. The van der Waals surface area contributed by atoms with Gasteiger partial charge in [0.25, 0.3) is 0 Å². The maximum atomic E-state index is 11.1. The number of fused-ring (bicyclic) bond motifs is 1. The summed E-state index contributed by atoms with van der Waals surface area (Å²) in [4.78, 5) is 14.8. The summed E-state index contributed by atoms with van der Waals surface area (Å²) in [6, 6.07) is 3.59. The van der Waals surface area contributed by atoms with Gasteiger partial charge in [-0.15, -0.1) is 11.8 Å². The van der Waals surface area contributed by atoms with E-state index in [1.807, 2.05) is 6.07 Å². The molecule has 0 atom stereocenters. The van der Waals surface area contributed by atoms with Gasteiger partial charge in [-0.05, 0) is 18.9 Å². The zero-order valence-corrected chi connectivity index (χ0v) is 10.6. The van der Waals surface area contributed by atoms with Crippen molar-refractivity contribution < 1.29 is 9.15 Å². The molecule has 1 fully saturated rings. The van der Waals surface area contributed by atoms with Crippen molar-refractivity contribution in [1.82, 2.24) is 4.98 Å². The molecule has 2 aromatic rings. The van der Waals surface area contributed by atoms with Crippen LogP contribution in [0.3, 0.4) is 0 Å². The van der Waals surface area contributed by atoms with Crippen LogP contribution in [0.5, 0.6) is 0 Å². The highest BCUT2D eigenvalue weighted by atomic mass is 32.2. The number of hydrogen-bond donors (Lipinski definition) is 2. The van der Waals surface area contributed by atoms with E-state index in [0.717, 1.165) is 31.0 Å². The molecule has 2 heterocycles. The molecule has 5 nitrogen and oxygen atoms in total. The molecule has 96 valence electrons. The van der Waals surface area contributed by atoms with Crippen molar-refractivity contribution >= 4 is 28.5 Å². The van der Waals surface area contributed by atoms with E-state index in [0.29, 0.717) is 22.0 Å². The van der Waals surface area contributed by atoms with Gasteiger partial charge in [-0.3, -0.25) is 4.98 Å². The van der Waals surface area contributed by atoms with Gasteiger partial charge in [0.2, 0.25) is 0 Å². The van der Waals surface area contributed by atoms with Crippen LogP contribution >= 0.6 is 11.8 Å². The molecule has 0 saturated carbocycles. The summed E-state index contributed by atoms with van der Waals surface area (Å²) < 4.78 is 10.3. The second kappa shape index (κ2) is 4.70. The first-order chi connectivity index (χ1) is 8.72. The number of thioether (sulfide) groups is 1. The van der Waals surface area contributed by atoms with Gasteiger partial charge in [-0.25, -0.2) is 4.79 Å². The number of aromatic nitrogens is 1. The van der Waals surface area contributed by atoms with Gasteiger partial charge in [0.15, 0.2) is 5.58 Å². The maximum absolute atomic E-state index is 11.1. The van der Waals surface area contributed by atoms with Crippen LogP contribution in [0.2, 0.25) is 0 Å². The van der Waals surface area contributed by atoms with Gasteiger partial charge in [-0.1, -0.05) is 0 Å². The lowest BCUT2D eigenvalue weighted by Crippen LogP contribution is -2.17. The highest BCUT2D eigenvalue weighted by molar-refractivity contribution is 8.00. The lowest BCUT2D eigenvalue weighted by Gasteiger charge is -2.21. The minimum absolute atomic E-state index is 0.447. The fourth-order valence-corrected chi connectivity index (χ4v) is 3.24. The van der Waals surface area contributed by atoms with E-state index in [1.165, 1.54) is 0 Å². The van der Waals surface area contributed by atoms with Crippen LogP contribution in [0, 0.1) is 0 Å². The summed E-state index contributed by atoms with van der Waals surface area (Å²) in [5, 5.41) is 0.525. The molecule has 1 aromatic carbocycles. The predicted molar refractivity (Wildman–Crippen MR) is 70.9 cm³/mol. The van der Waals surface area contributed by atoms with E-state index in [2.05, 4.69) is 4.98 Å². The van der Waals surface area contributed by atoms with Crippen LogP contribution in [0.4, 0.5) is 5.69 Å². The van der Waals surface area contributed by atoms with Crippen molar-refractivity contribution in [2.75, 3.05) is 18.9 Å². The minimum Gasteiger partial charge on any atom is -0.408 e. The Hall–Kier alpha value is -1.40. The van der Waals surface area contributed by atoms with E-state index in [1.54, 1.807) is 17.8 Å². The molecule has 0 radical (unpaired) electrons. The summed E-state index contributed by atoms with van der Waals surface area (Å²) >= 11 is 1.75. The molecule has 0 amide bonds. The number of anilines is 1. The monoisotopic (exact) mass is 266 g/mol. The fraction of sp³-hybridized carbons (Fsp3) is 0.417. The second-order valence-corrected chi connectivity index (χ2v) is 5.67. The number of nitrogens with one attached hydrogen (secondary N) is 1. The van der Waals surface area contributed by atoms with E-state index in [4.69, 9.17) is 14.9 Å².